The lowest BCUT2D eigenvalue weighted by Crippen LogP contribution is -2.31. The van der Waals surface area contributed by atoms with Crippen LogP contribution in [0.3, 0.4) is 0 Å². The monoisotopic (exact) mass is 314 g/mol. The third-order valence-corrected chi connectivity index (χ3v) is 3.14. The summed E-state index contributed by atoms with van der Waals surface area (Å²) in [5, 5.41) is 8.96. The van der Waals surface area contributed by atoms with Crippen molar-refractivity contribution < 1.29 is 4.79 Å². The van der Waals surface area contributed by atoms with Gasteiger partial charge in [-0.3, -0.25) is 4.79 Å². The van der Waals surface area contributed by atoms with E-state index in [-0.39, 0.29) is 5.91 Å². The zero-order valence-electron chi connectivity index (χ0n) is 9.41. The van der Waals surface area contributed by atoms with Crippen molar-refractivity contribution in [1.82, 2.24) is 4.90 Å². The summed E-state index contributed by atoms with van der Waals surface area (Å²) >= 11 is 9.30. The van der Waals surface area contributed by atoms with Gasteiger partial charge in [-0.05, 0) is 25.1 Å². The molecule has 0 aromatic heterocycles. The summed E-state index contributed by atoms with van der Waals surface area (Å²) in [6.45, 7) is 2.86. The number of carbonyl (C=O) groups excluding carboxylic acids is 1. The average Bonchev–Trinajstić information content (AvgIpc) is 2.33. The van der Waals surface area contributed by atoms with E-state index >= 15 is 0 Å². The molecule has 0 atom stereocenters. The third-order valence-electron chi connectivity index (χ3n) is 2.32. The number of rotatable bonds is 4. The highest BCUT2D eigenvalue weighted by Crippen LogP contribution is 2.22. The fourth-order valence-corrected chi connectivity index (χ4v) is 1.98. The summed E-state index contributed by atoms with van der Waals surface area (Å²) in [6, 6.07) is 7.18. The second-order valence-electron chi connectivity index (χ2n) is 3.42. The number of carbonyl (C=O) groups is 1. The van der Waals surface area contributed by atoms with Crippen molar-refractivity contribution in [2.75, 3.05) is 13.1 Å². The van der Waals surface area contributed by atoms with Crippen molar-refractivity contribution in [3.05, 3.63) is 33.3 Å². The number of nitrogens with zero attached hydrogens (tertiary/aromatic N) is 2. The van der Waals surface area contributed by atoms with E-state index in [1.807, 2.05) is 13.0 Å². The molecule has 0 saturated carbocycles. The summed E-state index contributed by atoms with van der Waals surface area (Å²) in [6.07, 6.45) is 0.325. The van der Waals surface area contributed by atoms with Gasteiger partial charge < -0.3 is 4.90 Å². The lowest BCUT2D eigenvalue weighted by Gasteiger charge is -2.20. The van der Waals surface area contributed by atoms with E-state index in [2.05, 4.69) is 15.9 Å². The van der Waals surface area contributed by atoms with Crippen molar-refractivity contribution in [3.8, 4) is 6.07 Å². The summed E-state index contributed by atoms with van der Waals surface area (Å²) in [4.78, 5) is 13.8. The Morgan fingerprint density at radius 2 is 2.29 bits per heavy atom. The van der Waals surface area contributed by atoms with Gasteiger partial charge in [-0.1, -0.05) is 27.5 Å². The van der Waals surface area contributed by atoms with Gasteiger partial charge in [-0.15, -0.1) is 0 Å². The van der Waals surface area contributed by atoms with Crippen LogP contribution in [-0.2, 0) is 0 Å². The highest BCUT2D eigenvalue weighted by molar-refractivity contribution is 9.10. The minimum Gasteiger partial charge on any atom is -0.338 e. The van der Waals surface area contributed by atoms with E-state index in [1.165, 1.54) is 0 Å². The number of hydrogen-bond acceptors (Lipinski definition) is 2. The molecule has 5 heteroatoms. The molecule has 0 aliphatic carbocycles. The molecule has 0 aliphatic heterocycles. The molecule has 0 spiro atoms. The lowest BCUT2D eigenvalue weighted by molar-refractivity contribution is 0.0768. The van der Waals surface area contributed by atoms with Gasteiger partial charge in [-0.2, -0.15) is 5.26 Å². The molecule has 0 radical (unpaired) electrons. The third kappa shape index (κ3) is 3.72. The van der Waals surface area contributed by atoms with Crippen molar-refractivity contribution in [3.63, 3.8) is 0 Å². The average molecular weight is 316 g/mol. The molecule has 1 aromatic rings. The molecular formula is C12H12BrClN2O. The largest absolute Gasteiger partial charge is 0.338 e. The first kappa shape index (κ1) is 14.0. The zero-order valence-corrected chi connectivity index (χ0v) is 11.8. The quantitative estimate of drug-likeness (QED) is 0.854. The molecule has 0 bridgehead atoms. The van der Waals surface area contributed by atoms with Crippen LogP contribution < -0.4 is 0 Å². The second kappa shape index (κ2) is 6.63. The van der Waals surface area contributed by atoms with Gasteiger partial charge in [0, 0.05) is 17.6 Å². The van der Waals surface area contributed by atoms with Gasteiger partial charge in [0.1, 0.15) is 0 Å². The predicted octanol–water partition coefficient (Wildman–Crippen LogP) is 3.48. The maximum Gasteiger partial charge on any atom is 0.255 e. The minimum absolute atomic E-state index is 0.144. The van der Waals surface area contributed by atoms with Gasteiger partial charge in [0.2, 0.25) is 0 Å². The Bertz CT molecular complexity index is 456. The van der Waals surface area contributed by atoms with Gasteiger partial charge >= 0.3 is 0 Å². The van der Waals surface area contributed by atoms with Gasteiger partial charge in [0.15, 0.2) is 0 Å². The zero-order chi connectivity index (χ0) is 12.8. The molecule has 0 unspecified atom stereocenters. The number of amides is 1. The fourth-order valence-electron chi connectivity index (χ4n) is 1.42. The molecular weight excluding hydrogens is 304 g/mol. The van der Waals surface area contributed by atoms with Crippen LogP contribution in [-0.4, -0.2) is 23.9 Å². The Hall–Kier alpha value is -1.05. The van der Waals surface area contributed by atoms with E-state index in [0.29, 0.717) is 30.1 Å². The van der Waals surface area contributed by atoms with Crippen molar-refractivity contribution in [2.45, 2.75) is 13.3 Å². The molecule has 17 heavy (non-hydrogen) atoms. The Kier molecular flexibility index (Phi) is 5.46. The molecule has 1 aromatic carbocycles. The molecule has 1 rings (SSSR count). The van der Waals surface area contributed by atoms with Crippen LogP contribution in [0.2, 0.25) is 5.02 Å². The fraction of sp³-hybridized carbons (Fsp3) is 0.333. The topological polar surface area (TPSA) is 44.1 Å². The Balaban J connectivity index is 2.94. The van der Waals surface area contributed by atoms with Gasteiger partial charge in [0.25, 0.3) is 5.91 Å². The highest BCUT2D eigenvalue weighted by Gasteiger charge is 2.16. The van der Waals surface area contributed by atoms with Gasteiger partial charge in [0.05, 0.1) is 23.1 Å². The first-order chi connectivity index (χ1) is 8.10. The first-order valence-corrected chi connectivity index (χ1v) is 6.38. The molecule has 0 fully saturated rings. The predicted molar refractivity (Wildman–Crippen MR) is 71.0 cm³/mol. The van der Waals surface area contributed by atoms with Crippen LogP contribution >= 0.6 is 27.5 Å². The maximum absolute atomic E-state index is 12.2. The van der Waals surface area contributed by atoms with Crippen LogP contribution in [0.25, 0.3) is 0 Å². The van der Waals surface area contributed by atoms with Crippen LogP contribution in [0.5, 0.6) is 0 Å². The highest BCUT2D eigenvalue weighted by atomic mass is 79.9. The second-order valence-corrected chi connectivity index (χ2v) is 4.74. The van der Waals surface area contributed by atoms with Crippen LogP contribution in [0, 0.1) is 11.3 Å². The molecule has 0 N–H and O–H groups in total. The number of benzene rings is 1. The van der Waals surface area contributed by atoms with E-state index < -0.39 is 0 Å². The Labute approximate surface area is 114 Å². The standard InChI is InChI=1S/C12H12BrClN2O/c1-2-16(7-3-6-15)12(17)10-8-9(13)4-5-11(10)14/h4-5,8H,2-3,7H2,1H3. The molecule has 0 heterocycles. The van der Waals surface area contributed by atoms with Crippen LogP contribution in [0.15, 0.2) is 22.7 Å². The maximum atomic E-state index is 12.2. The summed E-state index contributed by atoms with van der Waals surface area (Å²) < 4.78 is 0.807. The molecule has 0 saturated heterocycles. The van der Waals surface area contributed by atoms with E-state index in [1.54, 1.807) is 23.1 Å². The SMILES string of the molecule is CCN(CCC#N)C(=O)c1cc(Br)ccc1Cl. The van der Waals surface area contributed by atoms with E-state index in [0.717, 1.165) is 4.47 Å². The van der Waals surface area contributed by atoms with Crippen molar-refractivity contribution in [1.29, 1.82) is 5.26 Å². The number of nitriles is 1. The van der Waals surface area contributed by atoms with Crippen LogP contribution in [0.1, 0.15) is 23.7 Å². The minimum atomic E-state index is -0.144. The number of hydrogen-bond donors (Lipinski definition) is 0. The van der Waals surface area contributed by atoms with E-state index in [4.69, 9.17) is 16.9 Å². The Morgan fingerprint density at radius 3 is 2.88 bits per heavy atom. The van der Waals surface area contributed by atoms with Crippen molar-refractivity contribution in [2.24, 2.45) is 0 Å². The molecule has 1 amide bonds. The summed E-state index contributed by atoms with van der Waals surface area (Å²) in [5.74, 6) is -0.144. The lowest BCUT2D eigenvalue weighted by atomic mass is 10.2. The van der Waals surface area contributed by atoms with Crippen LogP contribution in [0.4, 0.5) is 0 Å². The smallest absolute Gasteiger partial charge is 0.255 e. The molecule has 3 nitrogen and oxygen atoms in total. The normalized spacial score (nSPS) is 9.76. The van der Waals surface area contributed by atoms with E-state index in [9.17, 15) is 4.79 Å². The van der Waals surface area contributed by atoms with Crippen molar-refractivity contribution >= 4 is 33.4 Å². The first-order valence-electron chi connectivity index (χ1n) is 5.21. The summed E-state index contributed by atoms with van der Waals surface area (Å²) in [5.41, 5.74) is 0.459. The number of halogens is 2. The Morgan fingerprint density at radius 1 is 1.59 bits per heavy atom. The summed E-state index contributed by atoms with van der Waals surface area (Å²) in [7, 11) is 0. The molecule has 0 aliphatic rings. The van der Waals surface area contributed by atoms with Gasteiger partial charge in [-0.25, -0.2) is 0 Å². The molecule has 90 valence electrons.